The maximum Gasteiger partial charge on any atom is 0.246 e. The molecule has 1 aromatic rings. The van der Waals surface area contributed by atoms with Crippen molar-refractivity contribution in [3.05, 3.63) is 36.5 Å². The summed E-state index contributed by atoms with van der Waals surface area (Å²) >= 11 is 0. The van der Waals surface area contributed by atoms with Crippen molar-refractivity contribution in [3.63, 3.8) is 0 Å². The Morgan fingerprint density at radius 1 is 1.67 bits per heavy atom. The Morgan fingerprint density at radius 2 is 2.40 bits per heavy atom. The smallest absolute Gasteiger partial charge is 0.246 e. The van der Waals surface area contributed by atoms with Crippen molar-refractivity contribution >= 4 is 5.91 Å². The zero-order chi connectivity index (χ0) is 11.3. The first kappa shape index (κ1) is 11.2. The second-order valence-corrected chi connectivity index (χ2v) is 3.07. The van der Waals surface area contributed by atoms with Gasteiger partial charge in [0.2, 0.25) is 11.8 Å². The first-order valence-electron chi connectivity index (χ1n) is 4.55. The number of carbonyl (C=O) groups excluding carboxylic acids is 1. The minimum absolute atomic E-state index is 0.125. The number of aromatic nitrogens is 1. The van der Waals surface area contributed by atoms with E-state index in [-0.39, 0.29) is 5.91 Å². The number of amides is 1. The summed E-state index contributed by atoms with van der Waals surface area (Å²) in [5, 5.41) is 0. The van der Waals surface area contributed by atoms with Crippen molar-refractivity contribution in [3.8, 4) is 5.88 Å². The molecule has 0 atom stereocenters. The lowest BCUT2D eigenvalue weighted by atomic mass is 10.3. The van der Waals surface area contributed by atoms with E-state index in [2.05, 4.69) is 11.6 Å². The first-order valence-corrected chi connectivity index (χ1v) is 4.55. The predicted molar refractivity (Wildman–Crippen MR) is 57.5 cm³/mol. The summed E-state index contributed by atoms with van der Waals surface area (Å²) in [4.78, 5) is 17.0. The van der Waals surface area contributed by atoms with E-state index >= 15 is 0 Å². The Kier molecular flexibility index (Phi) is 3.85. The molecular formula is C11H14N2O2. The number of ether oxygens (including phenoxy) is 1. The van der Waals surface area contributed by atoms with Gasteiger partial charge in [0, 0.05) is 13.1 Å². The molecule has 0 saturated heterocycles. The molecule has 1 amide bonds. The summed E-state index contributed by atoms with van der Waals surface area (Å²) in [5.74, 6) is 0.423. The Bertz CT molecular complexity index is 363. The lowest BCUT2D eigenvalue weighted by molar-refractivity contribution is -0.125. The van der Waals surface area contributed by atoms with Crippen molar-refractivity contribution in [1.29, 1.82) is 0 Å². The van der Waals surface area contributed by atoms with Crippen LogP contribution in [0, 0.1) is 0 Å². The average Bonchev–Trinajstić information content (AvgIpc) is 2.28. The van der Waals surface area contributed by atoms with Gasteiger partial charge in [-0.3, -0.25) is 4.79 Å². The quantitative estimate of drug-likeness (QED) is 0.696. The second kappa shape index (κ2) is 5.14. The molecule has 0 radical (unpaired) electrons. The zero-order valence-corrected chi connectivity index (χ0v) is 8.93. The molecule has 0 aliphatic heterocycles. The molecule has 0 bridgehead atoms. The van der Waals surface area contributed by atoms with Gasteiger partial charge in [0.05, 0.1) is 19.3 Å². The molecule has 0 aliphatic carbocycles. The van der Waals surface area contributed by atoms with Crippen LogP contribution in [0.1, 0.15) is 5.69 Å². The van der Waals surface area contributed by atoms with Crippen LogP contribution in [0.3, 0.4) is 0 Å². The van der Waals surface area contributed by atoms with E-state index in [4.69, 9.17) is 4.74 Å². The molecule has 0 N–H and O–H groups in total. The van der Waals surface area contributed by atoms with Gasteiger partial charge in [0.1, 0.15) is 0 Å². The fourth-order valence-corrected chi connectivity index (χ4v) is 1.14. The lowest BCUT2D eigenvalue weighted by Gasteiger charge is -2.14. The molecule has 15 heavy (non-hydrogen) atoms. The van der Waals surface area contributed by atoms with Gasteiger partial charge >= 0.3 is 0 Å². The predicted octanol–water partition coefficient (Wildman–Crippen LogP) is 1.23. The van der Waals surface area contributed by atoms with Crippen LogP contribution >= 0.6 is 0 Å². The van der Waals surface area contributed by atoms with Crippen molar-refractivity contribution in [2.75, 3.05) is 14.2 Å². The molecule has 1 heterocycles. The standard InChI is InChI=1S/C11H14N2O2/c1-4-11(14)13(2)8-9-6-5-7-10(12-9)15-3/h4-7H,1,8H2,2-3H3. The normalized spacial score (nSPS) is 9.47. The maximum absolute atomic E-state index is 11.2. The molecule has 0 saturated carbocycles. The van der Waals surface area contributed by atoms with E-state index in [1.54, 1.807) is 20.2 Å². The molecule has 0 spiro atoms. The van der Waals surface area contributed by atoms with Crippen molar-refractivity contribution < 1.29 is 9.53 Å². The Morgan fingerprint density at radius 3 is 3.00 bits per heavy atom. The van der Waals surface area contributed by atoms with Gasteiger partial charge < -0.3 is 9.64 Å². The highest BCUT2D eigenvalue weighted by Gasteiger charge is 2.06. The topological polar surface area (TPSA) is 42.4 Å². The third kappa shape index (κ3) is 3.09. The van der Waals surface area contributed by atoms with Crippen LogP contribution in [0.2, 0.25) is 0 Å². The first-order chi connectivity index (χ1) is 7.17. The molecule has 4 nitrogen and oxygen atoms in total. The number of hydrogen-bond donors (Lipinski definition) is 0. The van der Waals surface area contributed by atoms with Gasteiger partial charge in [-0.15, -0.1) is 0 Å². The number of carbonyl (C=O) groups is 1. The van der Waals surface area contributed by atoms with E-state index in [0.717, 1.165) is 5.69 Å². The highest BCUT2D eigenvalue weighted by atomic mass is 16.5. The van der Waals surface area contributed by atoms with Crippen molar-refractivity contribution in [2.45, 2.75) is 6.54 Å². The summed E-state index contributed by atoms with van der Waals surface area (Å²) in [5.41, 5.74) is 0.784. The summed E-state index contributed by atoms with van der Waals surface area (Å²) < 4.78 is 4.99. The van der Waals surface area contributed by atoms with Gasteiger partial charge in [0.25, 0.3) is 0 Å². The Labute approximate surface area is 89.2 Å². The average molecular weight is 206 g/mol. The fourth-order valence-electron chi connectivity index (χ4n) is 1.14. The summed E-state index contributed by atoms with van der Waals surface area (Å²) in [6, 6.07) is 5.45. The third-order valence-corrected chi connectivity index (χ3v) is 1.94. The van der Waals surface area contributed by atoms with Crippen molar-refractivity contribution in [2.24, 2.45) is 0 Å². The summed E-state index contributed by atoms with van der Waals surface area (Å²) in [7, 11) is 3.26. The van der Waals surface area contributed by atoms with Gasteiger partial charge in [0.15, 0.2) is 0 Å². The van der Waals surface area contributed by atoms with Crippen LogP contribution in [-0.4, -0.2) is 29.9 Å². The van der Waals surface area contributed by atoms with Crippen LogP contribution in [0.5, 0.6) is 5.88 Å². The van der Waals surface area contributed by atoms with Crippen LogP contribution in [0.25, 0.3) is 0 Å². The monoisotopic (exact) mass is 206 g/mol. The summed E-state index contributed by atoms with van der Waals surface area (Å²) in [6.07, 6.45) is 1.28. The third-order valence-electron chi connectivity index (χ3n) is 1.94. The number of nitrogens with zero attached hydrogens (tertiary/aromatic N) is 2. The molecule has 0 unspecified atom stereocenters. The molecule has 0 fully saturated rings. The molecule has 0 aliphatic rings. The molecule has 1 rings (SSSR count). The minimum atomic E-state index is -0.125. The number of likely N-dealkylation sites (N-methyl/N-ethyl adjacent to an activating group) is 1. The van der Waals surface area contributed by atoms with E-state index in [0.29, 0.717) is 12.4 Å². The second-order valence-electron chi connectivity index (χ2n) is 3.07. The van der Waals surface area contributed by atoms with E-state index in [1.807, 2.05) is 12.1 Å². The van der Waals surface area contributed by atoms with E-state index in [1.165, 1.54) is 11.0 Å². The minimum Gasteiger partial charge on any atom is -0.481 e. The number of rotatable bonds is 4. The lowest BCUT2D eigenvalue weighted by Crippen LogP contribution is -2.24. The molecule has 0 aromatic carbocycles. The van der Waals surface area contributed by atoms with Gasteiger partial charge in [-0.2, -0.15) is 0 Å². The fraction of sp³-hybridized carbons (Fsp3) is 0.273. The SMILES string of the molecule is C=CC(=O)N(C)Cc1cccc(OC)n1. The number of methoxy groups -OCH3 is 1. The number of pyridine rings is 1. The van der Waals surface area contributed by atoms with Gasteiger partial charge in [-0.25, -0.2) is 4.98 Å². The van der Waals surface area contributed by atoms with Crippen LogP contribution in [0.15, 0.2) is 30.9 Å². The van der Waals surface area contributed by atoms with Gasteiger partial charge in [-0.1, -0.05) is 12.6 Å². The maximum atomic E-state index is 11.2. The zero-order valence-electron chi connectivity index (χ0n) is 8.93. The molecule has 80 valence electrons. The Hall–Kier alpha value is -1.84. The molecular weight excluding hydrogens is 192 g/mol. The Balaban J connectivity index is 2.71. The largest absolute Gasteiger partial charge is 0.481 e. The van der Waals surface area contributed by atoms with Crippen LogP contribution < -0.4 is 4.74 Å². The van der Waals surface area contributed by atoms with Crippen LogP contribution in [-0.2, 0) is 11.3 Å². The highest BCUT2D eigenvalue weighted by molar-refractivity contribution is 5.86. The van der Waals surface area contributed by atoms with Crippen molar-refractivity contribution in [1.82, 2.24) is 9.88 Å². The molecule has 4 heteroatoms. The van der Waals surface area contributed by atoms with Gasteiger partial charge in [-0.05, 0) is 12.1 Å². The highest BCUT2D eigenvalue weighted by Crippen LogP contribution is 2.08. The van der Waals surface area contributed by atoms with E-state index in [9.17, 15) is 4.79 Å². The summed E-state index contributed by atoms with van der Waals surface area (Å²) in [6.45, 7) is 3.87. The number of hydrogen-bond acceptors (Lipinski definition) is 3. The van der Waals surface area contributed by atoms with Crippen LogP contribution in [0.4, 0.5) is 0 Å². The van der Waals surface area contributed by atoms with E-state index < -0.39 is 0 Å². The molecule has 1 aromatic heterocycles.